The molecule has 2 heterocycles. The van der Waals surface area contributed by atoms with Crippen LogP contribution in [0.25, 0.3) is 11.1 Å². The van der Waals surface area contributed by atoms with Gasteiger partial charge in [-0.05, 0) is 54.5 Å². The largest absolute Gasteiger partial charge is 0.448 e. The Kier molecular flexibility index (Phi) is 5.85. The first-order valence-corrected chi connectivity index (χ1v) is 12.9. The van der Waals surface area contributed by atoms with Gasteiger partial charge in [-0.2, -0.15) is 0 Å². The van der Waals surface area contributed by atoms with Gasteiger partial charge in [0.15, 0.2) is 0 Å². The Labute approximate surface area is 212 Å². The second-order valence-electron chi connectivity index (χ2n) is 10.9. The van der Waals surface area contributed by atoms with E-state index >= 15 is 0 Å². The van der Waals surface area contributed by atoms with Gasteiger partial charge >= 0.3 is 6.09 Å². The second kappa shape index (κ2) is 9.06. The summed E-state index contributed by atoms with van der Waals surface area (Å²) in [4.78, 5) is 15.3. The normalized spacial score (nSPS) is 24.8. The van der Waals surface area contributed by atoms with Crippen LogP contribution in [0.15, 0.2) is 66.7 Å². The fourth-order valence-electron chi connectivity index (χ4n) is 6.74. The molecule has 1 N–H and O–H groups in total. The highest BCUT2D eigenvalue weighted by molar-refractivity contribution is 5.79. The molecule has 0 radical (unpaired) electrons. The number of rotatable bonds is 4. The van der Waals surface area contributed by atoms with E-state index in [-0.39, 0.29) is 24.1 Å². The minimum absolute atomic E-state index is 0.0312. The van der Waals surface area contributed by atoms with Crippen molar-refractivity contribution in [2.75, 3.05) is 19.8 Å². The summed E-state index contributed by atoms with van der Waals surface area (Å²) < 4.78 is 11.8. The van der Waals surface area contributed by atoms with Crippen molar-refractivity contribution < 1.29 is 19.4 Å². The zero-order valence-electron chi connectivity index (χ0n) is 20.9. The molecular formula is C31H33NO4. The van der Waals surface area contributed by atoms with Gasteiger partial charge in [-0.3, -0.25) is 4.90 Å². The number of hydrogen-bond acceptors (Lipinski definition) is 4. The Morgan fingerprint density at radius 2 is 1.50 bits per heavy atom. The van der Waals surface area contributed by atoms with Crippen molar-refractivity contribution in [2.24, 2.45) is 0 Å². The predicted octanol–water partition coefficient (Wildman–Crippen LogP) is 5.39. The van der Waals surface area contributed by atoms with Crippen LogP contribution in [0.1, 0.15) is 46.6 Å². The van der Waals surface area contributed by atoms with Crippen LogP contribution in [-0.2, 0) is 15.9 Å². The molecule has 2 unspecified atom stereocenters. The van der Waals surface area contributed by atoms with Gasteiger partial charge in [0.25, 0.3) is 0 Å². The van der Waals surface area contributed by atoms with Gasteiger partial charge in [0, 0.05) is 12.3 Å². The summed E-state index contributed by atoms with van der Waals surface area (Å²) in [5.74, 6) is 0.0312. The molecule has 2 atom stereocenters. The van der Waals surface area contributed by atoms with Crippen molar-refractivity contribution in [1.82, 2.24) is 4.90 Å². The molecular weight excluding hydrogens is 450 g/mol. The lowest BCUT2D eigenvalue weighted by atomic mass is 9.77. The summed E-state index contributed by atoms with van der Waals surface area (Å²) in [6, 6.07) is 22.8. The molecule has 5 nitrogen and oxygen atoms in total. The van der Waals surface area contributed by atoms with E-state index in [0.29, 0.717) is 39.1 Å². The van der Waals surface area contributed by atoms with E-state index in [1.165, 1.54) is 33.4 Å². The summed E-state index contributed by atoms with van der Waals surface area (Å²) in [5, 5.41) is 11.6. The zero-order valence-corrected chi connectivity index (χ0v) is 20.9. The summed E-state index contributed by atoms with van der Waals surface area (Å²) in [7, 11) is 0. The molecule has 6 rings (SSSR count). The van der Waals surface area contributed by atoms with Crippen molar-refractivity contribution in [1.29, 1.82) is 0 Å². The number of amides is 1. The summed E-state index contributed by atoms with van der Waals surface area (Å²) in [6.07, 6.45) is 1.26. The maximum atomic E-state index is 13.4. The number of carbonyl (C=O) groups excluding carboxylic acids is 1. The number of aryl methyl sites for hydroxylation is 2. The van der Waals surface area contributed by atoms with E-state index in [2.05, 4.69) is 68.4 Å². The van der Waals surface area contributed by atoms with Crippen molar-refractivity contribution in [3.05, 3.63) is 94.5 Å². The van der Waals surface area contributed by atoms with Gasteiger partial charge in [-0.25, -0.2) is 4.79 Å². The van der Waals surface area contributed by atoms with E-state index in [9.17, 15) is 9.90 Å². The standard InChI is InChI=1S/C31H33NO4/c1-20-11-21(2)13-22(12-20)14-31(34)15-23-17-35-18-24(16-31)32(23)30(33)36-19-29-27-9-5-3-7-25(27)26-8-4-6-10-28(26)29/h3-13,23-24,29,34H,14-19H2,1-2H3. The minimum Gasteiger partial charge on any atom is -0.448 e. The molecule has 2 fully saturated rings. The van der Waals surface area contributed by atoms with Gasteiger partial charge in [0.2, 0.25) is 0 Å². The summed E-state index contributed by atoms with van der Waals surface area (Å²) >= 11 is 0. The molecule has 1 aliphatic carbocycles. The Bertz CT molecular complexity index is 1220. The molecule has 0 saturated carbocycles. The van der Waals surface area contributed by atoms with Crippen LogP contribution in [0.3, 0.4) is 0 Å². The van der Waals surface area contributed by atoms with Crippen molar-refractivity contribution >= 4 is 6.09 Å². The molecule has 3 aliphatic rings. The maximum absolute atomic E-state index is 13.4. The smallest absolute Gasteiger partial charge is 0.410 e. The SMILES string of the molecule is Cc1cc(C)cc(CC2(O)CC3COCC(C2)N3C(=O)OCC2c3ccccc3-c3ccccc32)c1. The monoisotopic (exact) mass is 483 g/mol. The molecule has 0 aromatic heterocycles. The van der Waals surface area contributed by atoms with E-state index in [0.717, 1.165) is 5.56 Å². The fraction of sp³-hybridized carbons (Fsp3) is 0.387. The average molecular weight is 484 g/mol. The molecule has 0 spiro atoms. The third kappa shape index (κ3) is 4.21. The first kappa shape index (κ1) is 23.3. The van der Waals surface area contributed by atoms with Gasteiger partial charge in [0.1, 0.15) is 6.61 Å². The van der Waals surface area contributed by atoms with Crippen LogP contribution >= 0.6 is 0 Å². The van der Waals surface area contributed by atoms with Crippen LogP contribution in [-0.4, -0.2) is 53.6 Å². The number of ether oxygens (including phenoxy) is 2. The first-order valence-electron chi connectivity index (χ1n) is 12.9. The van der Waals surface area contributed by atoms with Crippen LogP contribution in [0, 0.1) is 13.8 Å². The van der Waals surface area contributed by atoms with E-state index < -0.39 is 5.60 Å². The Hall–Kier alpha value is -3.15. The number of nitrogens with zero attached hydrogens (tertiary/aromatic N) is 1. The molecule has 2 aliphatic heterocycles. The third-order valence-electron chi connectivity index (χ3n) is 8.00. The Morgan fingerprint density at radius 3 is 2.08 bits per heavy atom. The topological polar surface area (TPSA) is 59.0 Å². The predicted molar refractivity (Wildman–Crippen MR) is 139 cm³/mol. The summed E-state index contributed by atoms with van der Waals surface area (Å²) in [6.45, 7) is 5.33. The van der Waals surface area contributed by atoms with Crippen molar-refractivity contribution in [2.45, 2.75) is 56.7 Å². The molecule has 3 aromatic carbocycles. The molecule has 3 aromatic rings. The number of benzene rings is 3. The third-order valence-corrected chi connectivity index (χ3v) is 8.00. The Morgan fingerprint density at radius 1 is 0.944 bits per heavy atom. The van der Waals surface area contributed by atoms with Crippen LogP contribution in [0.4, 0.5) is 4.79 Å². The minimum atomic E-state index is -0.862. The molecule has 2 bridgehead atoms. The molecule has 186 valence electrons. The lowest BCUT2D eigenvalue weighted by Crippen LogP contribution is -2.64. The molecule has 5 heteroatoms. The number of carbonyl (C=O) groups is 1. The van der Waals surface area contributed by atoms with E-state index in [1.54, 1.807) is 0 Å². The lowest BCUT2D eigenvalue weighted by Gasteiger charge is -2.51. The highest BCUT2D eigenvalue weighted by Crippen LogP contribution is 2.45. The summed E-state index contributed by atoms with van der Waals surface area (Å²) in [5.41, 5.74) is 7.53. The zero-order chi connectivity index (χ0) is 24.9. The number of morpholine rings is 1. The van der Waals surface area contributed by atoms with Gasteiger partial charge < -0.3 is 14.6 Å². The number of aliphatic hydroxyl groups is 1. The molecule has 1 amide bonds. The number of piperidine rings is 1. The first-order chi connectivity index (χ1) is 17.4. The fourth-order valence-corrected chi connectivity index (χ4v) is 6.74. The number of hydrogen-bond donors (Lipinski definition) is 1. The Balaban J connectivity index is 1.17. The van der Waals surface area contributed by atoms with Crippen LogP contribution in [0.5, 0.6) is 0 Å². The highest BCUT2D eigenvalue weighted by Gasteiger charge is 2.48. The lowest BCUT2D eigenvalue weighted by molar-refractivity contribution is -0.132. The molecule has 2 saturated heterocycles. The van der Waals surface area contributed by atoms with Crippen molar-refractivity contribution in [3.8, 4) is 11.1 Å². The number of fused-ring (bicyclic) bond motifs is 5. The quantitative estimate of drug-likeness (QED) is 0.541. The van der Waals surface area contributed by atoms with Gasteiger partial charge in [-0.1, -0.05) is 77.9 Å². The maximum Gasteiger partial charge on any atom is 0.410 e. The van der Waals surface area contributed by atoms with E-state index in [1.807, 2.05) is 17.0 Å². The second-order valence-corrected chi connectivity index (χ2v) is 10.9. The average Bonchev–Trinajstić information content (AvgIpc) is 3.15. The van der Waals surface area contributed by atoms with Gasteiger partial charge in [-0.15, -0.1) is 0 Å². The van der Waals surface area contributed by atoms with Crippen molar-refractivity contribution in [3.63, 3.8) is 0 Å². The highest BCUT2D eigenvalue weighted by atomic mass is 16.6. The van der Waals surface area contributed by atoms with Crippen LogP contribution < -0.4 is 0 Å². The van der Waals surface area contributed by atoms with Gasteiger partial charge in [0.05, 0.1) is 30.9 Å². The molecule has 36 heavy (non-hydrogen) atoms. The van der Waals surface area contributed by atoms with Crippen LogP contribution in [0.2, 0.25) is 0 Å². The van der Waals surface area contributed by atoms with E-state index in [4.69, 9.17) is 9.47 Å².